The molecule has 0 saturated carbocycles. The topological polar surface area (TPSA) is 97.5 Å². The first kappa shape index (κ1) is 29.3. The van der Waals surface area contributed by atoms with Gasteiger partial charge in [0.15, 0.2) is 5.65 Å². The molecule has 4 heterocycles. The van der Waals surface area contributed by atoms with Crippen molar-refractivity contribution in [2.75, 3.05) is 19.6 Å². The highest BCUT2D eigenvalue weighted by Gasteiger charge is 2.43. The smallest absolute Gasteiger partial charge is 0.330 e. The van der Waals surface area contributed by atoms with E-state index >= 15 is 0 Å². The molecule has 1 fully saturated rings. The third-order valence-corrected chi connectivity index (χ3v) is 9.66. The zero-order valence-electron chi connectivity index (χ0n) is 23.5. The molecule has 1 saturated heterocycles. The molecule has 2 aromatic heterocycles. The first-order valence-corrected chi connectivity index (χ1v) is 15.0. The number of imidazole rings is 1. The summed E-state index contributed by atoms with van der Waals surface area (Å²) in [4.78, 5) is 30.2. The van der Waals surface area contributed by atoms with Crippen LogP contribution in [0.25, 0.3) is 11.2 Å². The number of alkyl halides is 3. The number of piperidine rings is 1. The van der Waals surface area contributed by atoms with Gasteiger partial charge in [-0.15, -0.1) is 0 Å². The summed E-state index contributed by atoms with van der Waals surface area (Å²) in [6.45, 7) is 6.81. The fraction of sp³-hybridized carbons (Fsp3) is 0.536. The fourth-order valence-electron chi connectivity index (χ4n) is 5.74. The van der Waals surface area contributed by atoms with Crippen molar-refractivity contribution >= 4 is 27.1 Å². The second-order valence-electron chi connectivity index (χ2n) is 12.2. The van der Waals surface area contributed by atoms with Crippen molar-refractivity contribution in [1.82, 2.24) is 23.3 Å². The number of fused-ring (bicyclic) bond motifs is 2. The van der Waals surface area contributed by atoms with Gasteiger partial charge in [-0.2, -0.15) is 17.5 Å². The Labute approximate surface area is 236 Å². The van der Waals surface area contributed by atoms with Crippen LogP contribution in [0, 0.1) is 5.41 Å². The number of benzene rings is 1. The van der Waals surface area contributed by atoms with E-state index in [0.29, 0.717) is 41.3 Å². The minimum Gasteiger partial charge on any atom is -0.330 e. The average molecular weight is 594 g/mol. The minimum atomic E-state index is -4.98. The predicted octanol–water partition coefficient (Wildman–Crippen LogP) is 3.80. The first-order chi connectivity index (χ1) is 19.1. The van der Waals surface area contributed by atoms with Crippen molar-refractivity contribution in [2.24, 2.45) is 12.5 Å². The summed E-state index contributed by atoms with van der Waals surface area (Å²) < 4.78 is 70.9. The van der Waals surface area contributed by atoms with E-state index in [-0.39, 0.29) is 48.0 Å². The predicted molar refractivity (Wildman–Crippen MR) is 147 cm³/mol. The number of carbonyl (C=O) groups is 1. The largest absolute Gasteiger partial charge is 0.471 e. The molecule has 222 valence electrons. The molecule has 0 aliphatic carbocycles. The van der Waals surface area contributed by atoms with Crippen LogP contribution >= 0.6 is 0 Å². The summed E-state index contributed by atoms with van der Waals surface area (Å²) in [6.07, 6.45) is -3.44. The van der Waals surface area contributed by atoms with E-state index in [1.165, 1.54) is 21.0 Å². The molecule has 0 N–H and O–H groups in total. The van der Waals surface area contributed by atoms with Gasteiger partial charge in [0.1, 0.15) is 0 Å². The second-order valence-corrected chi connectivity index (χ2v) is 14.1. The summed E-state index contributed by atoms with van der Waals surface area (Å²) in [7, 11) is -2.28. The van der Waals surface area contributed by atoms with Gasteiger partial charge in [-0.05, 0) is 60.1 Å². The third-order valence-electron chi connectivity index (χ3n) is 7.79. The summed E-state index contributed by atoms with van der Waals surface area (Å²) in [5, 5.41) is 0. The molecular formula is C28H34F3N5O4S. The van der Waals surface area contributed by atoms with Gasteiger partial charge in [0.2, 0.25) is 10.0 Å². The average Bonchev–Trinajstić information content (AvgIpc) is 3.14. The van der Waals surface area contributed by atoms with Gasteiger partial charge in [-0.3, -0.25) is 13.9 Å². The number of nitrogens with zero attached hydrogens (tertiary/aromatic N) is 5. The van der Waals surface area contributed by atoms with E-state index in [1.807, 2.05) is 12.1 Å². The molecule has 5 rings (SSSR count). The SMILES string of the molecule is Cn1c(=O)n(CC(C)(C)C)c2ccc(C3CCCN(S(=O)(=O)c4ccc5c(c4)CN(C(=O)C(F)(F)F)CC5)C3)nc21. The maximum atomic E-state index is 13.7. The van der Waals surface area contributed by atoms with Crippen molar-refractivity contribution in [3.05, 3.63) is 57.6 Å². The van der Waals surface area contributed by atoms with Crippen molar-refractivity contribution < 1.29 is 26.4 Å². The molecule has 0 bridgehead atoms. The van der Waals surface area contributed by atoms with E-state index in [4.69, 9.17) is 4.98 Å². The number of hydrogen-bond donors (Lipinski definition) is 0. The van der Waals surface area contributed by atoms with E-state index < -0.39 is 22.1 Å². The Hall–Kier alpha value is -3.19. The van der Waals surface area contributed by atoms with Crippen molar-refractivity contribution in [2.45, 2.75) is 70.1 Å². The zero-order valence-corrected chi connectivity index (χ0v) is 24.3. The van der Waals surface area contributed by atoms with E-state index in [1.54, 1.807) is 17.7 Å². The molecule has 13 heteroatoms. The maximum Gasteiger partial charge on any atom is 0.471 e. The highest BCUT2D eigenvalue weighted by Crippen LogP contribution is 2.32. The summed E-state index contributed by atoms with van der Waals surface area (Å²) >= 11 is 0. The molecule has 3 aromatic rings. The highest BCUT2D eigenvalue weighted by atomic mass is 32.2. The summed E-state index contributed by atoms with van der Waals surface area (Å²) in [6, 6.07) is 8.22. The van der Waals surface area contributed by atoms with E-state index in [2.05, 4.69) is 20.8 Å². The Morgan fingerprint density at radius 3 is 2.49 bits per heavy atom. The maximum absolute atomic E-state index is 13.7. The molecule has 1 atom stereocenters. The van der Waals surface area contributed by atoms with Crippen molar-refractivity contribution in [3.63, 3.8) is 0 Å². The standard InChI is InChI=1S/C28H34F3N5O4S/c1-27(2,3)17-36-23-10-9-22(32-24(23)33(4)26(36)38)19-6-5-12-35(16-19)41(39,40)21-8-7-18-11-13-34(15-20(18)14-21)25(37)28(29,30)31/h7-10,14,19H,5-6,11-13,15-17H2,1-4H3. The van der Waals surface area contributed by atoms with Gasteiger partial charge < -0.3 is 4.90 Å². The Bertz CT molecular complexity index is 1670. The van der Waals surface area contributed by atoms with Crippen LogP contribution in [-0.4, -0.2) is 63.5 Å². The number of hydrogen-bond acceptors (Lipinski definition) is 5. The number of amides is 1. The van der Waals surface area contributed by atoms with Crippen LogP contribution in [0.4, 0.5) is 13.2 Å². The number of aromatic nitrogens is 3. The summed E-state index contributed by atoms with van der Waals surface area (Å²) in [5.41, 5.74) is 2.83. The molecule has 2 aliphatic heterocycles. The normalized spacial score (nSPS) is 19.0. The van der Waals surface area contributed by atoms with Crippen LogP contribution in [0.5, 0.6) is 0 Å². The molecule has 41 heavy (non-hydrogen) atoms. The summed E-state index contributed by atoms with van der Waals surface area (Å²) in [5.74, 6) is -2.12. The Kier molecular flexibility index (Phi) is 7.34. The monoisotopic (exact) mass is 593 g/mol. The molecule has 0 radical (unpaired) electrons. The molecular weight excluding hydrogens is 559 g/mol. The third kappa shape index (κ3) is 5.66. The van der Waals surface area contributed by atoms with Crippen LogP contribution in [0.1, 0.15) is 56.4 Å². The van der Waals surface area contributed by atoms with Crippen LogP contribution in [-0.2, 0) is 41.4 Å². The number of carbonyl (C=O) groups excluding carboxylic acids is 1. The first-order valence-electron chi connectivity index (χ1n) is 13.6. The van der Waals surface area contributed by atoms with Gasteiger partial charge >= 0.3 is 17.8 Å². The fourth-order valence-corrected chi connectivity index (χ4v) is 7.32. The molecule has 1 aromatic carbocycles. The highest BCUT2D eigenvalue weighted by molar-refractivity contribution is 7.89. The van der Waals surface area contributed by atoms with Crippen LogP contribution in [0.3, 0.4) is 0 Å². The Morgan fingerprint density at radius 2 is 1.80 bits per heavy atom. The lowest BCUT2D eigenvalue weighted by atomic mass is 9.95. The lowest BCUT2D eigenvalue weighted by Crippen LogP contribution is -2.43. The minimum absolute atomic E-state index is 0.0109. The van der Waals surface area contributed by atoms with Crippen molar-refractivity contribution in [3.8, 4) is 0 Å². The van der Waals surface area contributed by atoms with Gasteiger partial charge in [0, 0.05) is 51.4 Å². The lowest BCUT2D eigenvalue weighted by Gasteiger charge is -2.33. The number of aryl methyl sites for hydroxylation is 1. The van der Waals surface area contributed by atoms with Crippen molar-refractivity contribution in [1.29, 1.82) is 0 Å². The van der Waals surface area contributed by atoms with Crippen LogP contribution in [0.15, 0.2) is 40.0 Å². The number of halogens is 3. The van der Waals surface area contributed by atoms with Crippen LogP contribution in [0.2, 0.25) is 0 Å². The lowest BCUT2D eigenvalue weighted by molar-refractivity contribution is -0.186. The van der Waals surface area contributed by atoms with E-state index in [0.717, 1.165) is 17.5 Å². The molecule has 0 spiro atoms. The van der Waals surface area contributed by atoms with E-state index in [9.17, 15) is 31.2 Å². The Morgan fingerprint density at radius 1 is 1.07 bits per heavy atom. The van der Waals surface area contributed by atoms with Gasteiger partial charge in [-0.25, -0.2) is 18.2 Å². The second kappa shape index (κ2) is 10.3. The van der Waals surface area contributed by atoms with Crippen LogP contribution < -0.4 is 5.69 Å². The number of sulfonamides is 1. The van der Waals surface area contributed by atoms with Gasteiger partial charge in [0.05, 0.1) is 10.4 Å². The van der Waals surface area contributed by atoms with Gasteiger partial charge in [-0.1, -0.05) is 26.8 Å². The molecule has 2 aliphatic rings. The molecule has 9 nitrogen and oxygen atoms in total. The quantitative estimate of drug-likeness (QED) is 0.459. The molecule has 1 amide bonds. The number of pyridine rings is 1. The zero-order chi connectivity index (χ0) is 29.9. The molecule has 1 unspecified atom stereocenters. The Balaban J connectivity index is 1.39. The van der Waals surface area contributed by atoms with Gasteiger partial charge in [0.25, 0.3) is 0 Å². The number of rotatable bonds is 4.